The standard InChI is InChI=1S/C15H23ClN2O2.ClH/c1-10(2)9-20-14-6-5-12(7-13(14)16)18-15(19)11(3)8-17-4;/h5-7,10-11,17H,8-9H2,1-4H3,(H,18,19);1H. The largest absolute Gasteiger partial charge is 0.492 e. The van der Waals surface area contributed by atoms with E-state index >= 15 is 0 Å². The van der Waals surface area contributed by atoms with Gasteiger partial charge >= 0.3 is 0 Å². The first kappa shape index (κ1) is 20.0. The van der Waals surface area contributed by atoms with Crippen molar-refractivity contribution in [3.8, 4) is 5.75 Å². The number of benzene rings is 1. The summed E-state index contributed by atoms with van der Waals surface area (Å²) in [6.07, 6.45) is 0. The van der Waals surface area contributed by atoms with E-state index < -0.39 is 0 Å². The summed E-state index contributed by atoms with van der Waals surface area (Å²) in [6, 6.07) is 5.29. The first-order chi connectivity index (χ1) is 9.43. The van der Waals surface area contributed by atoms with E-state index in [0.717, 1.165) is 0 Å². The van der Waals surface area contributed by atoms with Gasteiger partial charge in [0.2, 0.25) is 5.91 Å². The molecule has 1 aromatic carbocycles. The second-order valence-corrected chi connectivity index (χ2v) is 5.71. The van der Waals surface area contributed by atoms with Gasteiger partial charge in [-0.25, -0.2) is 0 Å². The normalized spacial score (nSPS) is 11.7. The van der Waals surface area contributed by atoms with Gasteiger partial charge in [-0.05, 0) is 31.2 Å². The number of rotatable bonds is 7. The molecular formula is C15H24Cl2N2O2. The van der Waals surface area contributed by atoms with Crippen molar-refractivity contribution in [3.05, 3.63) is 23.2 Å². The van der Waals surface area contributed by atoms with Crippen molar-refractivity contribution in [1.82, 2.24) is 5.32 Å². The molecule has 0 saturated heterocycles. The zero-order chi connectivity index (χ0) is 15.1. The number of nitrogens with one attached hydrogen (secondary N) is 2. The number of hydrogen-bond donors (Lipinski definition) is 2. The summed E-state index contributed by atoms with van der Waals surface area (Å²) < 4.78 is 5.59. The Bertz CT molecular complexity index is 453. The zero-order valence-corrected chi connectivity index (χ0v) is 14.5. The van der Waals surface area contributed by atoms with Gasteiger partial charge in [-0.2, -0.15) is 0 Å². The second kappa shape index (κ2) is 9.87. The van der Waals surface area contributed by atoms with Crippen LogP contribution in [0.5, 0.6) is 5.75 Å². The molecule has 0 aromatic heterocycles. The van der Waals surface area contributed by atoms with Crippen LogP contribution in [0.25, 0.3) is 0 Å². The Balaban J connectivity index is 0.00000400. The van der Waals surface area contributed by atoms with E-state index in [-0.39, 0.29) is 24.2 Å². The van der Waals surface area contributed by atoms with Crippen LogP contribution in [0.15, 0.2) is 18.2 Å². The van der Waals surface area contributed by atoms with Gasteiger partial charge in [-0.1, -0.05) is 32.4 Å². The van der Waals surface area contributed by atoms with Gasteiger partial charge in [0.05, 0.1) is 11.6 Å². The third-order valence-electron chi connectivity index (χ3n) is 2.73. The van der Waals surface area contributed by atoms with Crippen LogP contribution in [0.2, 0.25) is 5.02 Å². The predicted molar refractivity (Wildman–Crippen MR) is 90.8 cm³/mol. The van der Waals surface area contributed by atoms with E-state index in [1.165, 1.54) is 0 Å². The van der Waals surface area contributed by atoms with Crippen molar-refractivity contribution in [3.63, 3.8) is 0 Å². The highest BCUT2D eigenvalue weighted by atomic mass is 35.5. The highest BCUT2D eigenvalue weighted by Gasteiger charge is 2.13. The molecule has 1 rings (SSSR count). The minimum absolute atomic E-state index is 0. The fourth-order valence-electron chi connectivity index (χ4n) is 1.62. The van der Waals surface area contributed by atoms with E-state index in [2.05, 4.69) is 24.5 Å². The SMILES string of the molecule is CNCC(C)C(=O)Nc1ccc(OCC(C)C)c(Cl)c1.Cl. The Morgan fingerprint density at radius 3 is 2.52 bits per heavy atom. The van der Waals surface area contributed by atoms with Crippen LogP contribution >= 0.6 is 24.0 Å². The topological polar surface area (TPSA) is 50.4 Å². The Morgan fingerprint density at radius 1 is 1.33 bits per heavy atom. The fraction of sp³-hybridized carbons (Fsp3) is 0.533. The monoisotopic (exact) mass is 334 g/mol. The third-order valence-corrected chi connectivity index (χ3v) is 3.02. The third kappa shape index (κ3) is 7.02. The molecule has 1 unspecified atom stereocenters. The molecule has 1 aromatic rings. The highest BCUT2D eigenvalue weighted by Crippen LogP contribution is 2.28. The lowest BCUT2D eigenvalue weighted by molar-refractivity contribution is -0.119. The maximum atomic E-state index is 11.9. The number of amides is 1. The van der Waals surface area contributed by atoms with Gasteiger partial charge in [0.25, 0.3) is 0 Å². The Kier molecular flexibility index (Phi) is 9.42. The molecule has 0 aliphatic carbocycles. The average Bonchev–Trinajstić information content (AvgIpc) is 2.37. The minimum atomic E-state index is -0.101. The molecule has 21 heavy (non-hydrogen) atoms. The second-order valence-electron chi connectivity index (χ2n) is 5.30. The summed E-state index contributed by atoms with van der Waals surface area (Å²) in [5.41, 5.74) is 0.680. The van der Waals surface area contributed by atoms with Crippen molar-refractivity contribution in [2.75, 3.05) is 25.5 Å². The summed E-state index contributed by atoms with van der Waals surface area (Å²) in [7, 11) is 1.82. The van der Waals surface area contributed by atoms with E-state index in [9.17, 15) is 4.79 Å². The molecule has 2 N–H and O–H groups in total. The van der Waals surface area contributed by atoms with Gasteiger partial charge in [0.1, 0.15) is 5.75 Å². The Labute approximate surface area is 138 Å². The molecule has 0 heterocycles. The quantitative estimate of drug-likeness (QED) is 0.801. The molecule has 0 radical (unpaired) electrons. The lowest BCUT2D eigenvalue weighted by Gasteiger charge is -2.14. The van der Waals surface area contributed by atoms with Crippen LogP contribution in [0.4, 0.5) is 5.69 Å². The van der Waals surface area contributed by atoms with Crippen LogP contribution in [0, 0.1) is 11.8 Å². The molecule has 0 saturated carbocycles. The van der Waals surface area contributed by atoms with Crippen molar-refractivity contribution in [2.45, 2.75) is 20.8 Å². The number of carbonyl (C=O) groups is 1. The Morgan fingerprint density at radius 2 is 2.00 bits per heavy atom. The molecule has 0 spiro atoms. The van der Waals surface area contributed by atoms with Gasteiger partial charge in [0, 0.05) is 18.2 Å². The maximum absolute atomic E-state index is 11.9. The number of carbonyl (C=O) groups excluding carboxylic acids is 1. The van der Waals surface area contributed by atoms with E-state index in [4.69, 9.17) is 16.3 Å². The number of ether oxygens (including phenoxy) is 1. The molecule has 0 bridgehead atoms. The van der Waals surface area contributed by atoms with Crippen molar-refractivity contribution >= 4 is 35.6 Å². The van der Waals surface area contributed by atoms with Gasteiger partial charge in [-0.15, -0.1) is 12.4 Å². The molecule has 120 valence electrons. The van der Waals surface area contributed by atoms with Gasteiger partial charge in [-0.3, -0.25) is 4.79 Å². The number of halogens is 2. The molecule has 6 heteroatoms. The summed E-state index contributed by atoms with van der Waals surface area (Å²) in [6.45, 7) is 7.27. The lowest BCUT2D eigenvalue weighted by atomic mass is 10.1. The van der Waals surface area contributed by atoms with Crippen molar-refractivity contribution in [1.29, 1.82) is 0 Å². The molecular weight excluding hydrogens is 311 g/mol. The van der Waals surface area contributed by atoms with Crippen LogP contribution < -0.4 is 15.4 Å². The molecule has 0 aliphatic rings. The van der Waals surface area contributed by atoms with Crippen LogP contribution in [-0.4, -0.2) is 26.1 Å². The van der Waals surface area contributed by atoms with Crippen molar-refractivity contribution in [2.24, 2.45) is 11.8 Å². The molecule has 4 nitrogen and oxygen atoms in total. The molecule has 1 atom stereocenters. The Hall–Kier alpha value is -0.970. The maximum Gasteiger partial charge on any atom is 0.228 e. The molecule has 0 fully saturated rings. The fourth-order valence-corrected chi connectivity index (χ4v) is 1.85. The smallest absolute Gasteiger partial charge is 0.228 e. The summed E-state index contributed by atoms with van der Waals surface area (Å²) >= 11 is 6.15. The molecule has 0 aliphatic heterocycles. The van der Waals surface area contributed by atoms with Gasteiger partial charge < -0.3 is 15.4 Å². The predicted octanol–water partition coefficient (Wildman–Crippen LogP) is 3.59. The van der Waals surface area contributed by atoms with Crippen LogP contribution in [-0.2, 0) is 4.79 Å². The van der Waals surface area contributed by atoms with Crippen LogP contribution in [0.3, 0.4) is 0 Å². The van der Waals surface area contributed by atoms with E-state index in [0.29, 0.717) is 35.5 Å². The summed E-state index contributed by atoms with van der Waals surface area (Å²) in [5, 5.41) is 6.32. The first-order valence-corrected chi connectivity index (χ1v) is 7.19. The lowest BCUT2D eigenvalue weighted by Crippen LogP contribution is -2.28. The highest BCUT2D eigenvalue weighted by molar-refractivity contribution is 6.32. The minimum Gasteiger partial charge on any atom is -0.492 e. The first-order valence-electron chi connectivity index (χ1n) is 6.81. The zero-order valence-electron chi connectivity index (χ0n) is 12.9. The summed E-state index contributed by atoms with van der Waals surface area (Å²) in [4.78, 5) is 11.9. The van der Waals surface area contributed by atoms with E-state index in [1.807, 2.05) is 14.0 Å². The van der Waals surface area contributed by atoms with Crippen LogP contribution in [0.1, 0.15) is 20.8 Å². The summed E-state index contributed by atoms with van der Waals surface area (Å²) in [5.74, 6) is 0.941. The average molecular weight is 335 g/mol. The number of hydrogen-bond acceptors (Lipinski definition) is 3. The number of anilines is 1. The van der Waals surface area contributed by atoms with E-state index in [1.54, 1.807) is 18.2 Å². The van der Waals surface area contributed by atoms with Gasteiger partial charge in [0.15, 0.2) is 0 Å². The van der Waals surface area contributed by atoms with Crippen molar-refractivity contribution < 1.29 is 9.53 Å². The molecule has 1 amide bonds.